The van der Waals surface area contributed by atoms with Gasteiger partial charge in [-0.15, -0.1) is 0 Å². The molecular weight excluding hydrogens is 370 g/mol. The maximum Gasteiger partial charge on any atom is 0.323 e. The number of carboxylic acids is 1. The molecule has 0 bridgehead atoms. The number of amides is 3. The van der Waals surface area contributed by atoms with Crippen molar-refractivity contribution in [3.8, 4) is 0 Å². The Morgan fingerprint density at radius 3 is 2.59 bits per heavy atom. The maximum atomic E-state index is 13.1. The van der Waals surface area contributed by atoms with Crippen LogP contribution in [0.4, 0.5) is 16.2 Å². The van der Waals surface area contributed by atoms with Crippen molar-refractivity contribution in [2.24, 2.45) is 5.92 Å². The van der Waals surface area contributed by atoms with E-state index in [9.17, 15) is 19.5 Å². The van der Waals surface area contributed by atoms with Crippen LogP contribution >= 0.6 is 0 Å². The molecule has 2 aromatic rings. The zero-order valence-corrected chi connectivity index (χ0v) is 16.4. The fourth-order valence-electron chi connectivity index (χ4n) is 3.55. The van der Waals surface area contributed by atoms with Gasteiger partial charge in [0.25, 0.3) is 0 Å². The third-order valence-electron chi connectivity index (χ3n) is 4.95. The molecule has 0 spiro atoms. The zero-order valence-electron chi connectivity index (χ0n) is 16.4. The molecular formula is C22H25N3O4. The van der Waals surface area contributed by atoms with Crippen LogP contribution < -0.4 is 10.2 Å². The molecule has 3 rings (SSSR count). The Hall–Kier alpha value is -3.35. The number of para-hydroxylation sites is 1. The minimum absolute atomic E-state index is 0.252. The number of nitrogens with zero attached hydrogens (tertiary/aromatic N) is 2. The van der Waals surface area contributed by atoms with Crippen LogP contribution in [0.1, 0.15) is 18.4 Å². The molecule has 1 fully saturated rings. The van der Waals surface area contributed by atoms with Gasteiger partial charge in [0, 0.05) is 24.5 Å². The SMILES string of the molecule is Cc1cccc(NC(=O)N2CCCC(C(=O)N(CC(=O)O)c3ccccc3)C2)c1. The van der Waals surface area contributed by atoms with Crippen molar-refractivity contribution in [1.82, 2.24) is 4.90 Å². The first-order valence-corrected chi connectivity index (χ1v) is 9.65. The van der Waals surface area contributed by atoms with Crippen molar-refractivity contribution in [2.45, 2.75) is 19.8 Å². The van der Waals surface area contributed by atoms with E-state index in [1.165, 1.54) is 4.90 Å². The van der Waals surface area contributed by atoms with Gasteiger partial charge >= 0.3 is 12.0 Å². The Morgan fingerprint density at radius 1 is 1.14 bits per heavy atom. The van der Waals surface area contributed by atoms with Gasteiger partial charge in [-0.25, -0.2) is 4.79 Å². The third kappa shape index (κ3) is 5.34. The molecule has 1 atom stereocenters. The molecule has 7 heteroatoms. The summed E-state index contributed by atoms with van der Waals surface area (Å²) >= 11 is 0. The molecule has 0 radical (unpaired) electrons. The molecule has 0 aromatic heterocycles. The number of hydrogen-bond donors (Lipinski definition) is 2. The maximum absolute atomic E-state index is 13.1. The van der Waals surface area contributed by atoms with E-state index < -0.39 is 18.4 Å². The van der Waals surface area contributed by atoms with E-state index in [0.717, 1.165) is 5.56 Å². The first-order chi connectivity index (χ1) is 13.9. The van der Waals surface area contributed by atoms with Gasteiger partial charge in [0.1, 0.15) is 6.54 Å². The summed E-state index contributed by atoms with van der Waals surface area (Å²) in [6.45, 7) is 2.37. The molecule has 1 saturated heterocycles. The Morgan fingerprint density at radius 2 is 1.90 bits per heavy atom. The van der Waals surface area contributed by atoms with E-state index in [1.54, 1.807) is 29.2 Å². The summed E-state index contributed by atoms with van der Waals surface area (Å²) < 4.78 is 0. The second-order valence-corrected chi connectivity index (χ2v) is 7.24. The monoisotopic (exact) mass is 395 g/mol. The average Bonchev–Trinajstić information content (AvgIpc) is 2.72. The molecule has 1 unspecified atom stereocenters. The third-order valence-corrected chi connectivity index (χ3v) is 4.95. The molecule has 1 aliphatic heterocycles. The molecule has 1 heterocycles. The smallest absolute Gasteiger partial charge is 0.323 e. The van der Waals surface area contributed by atoms with Crippen LogP contribution in [0.25, 0.3) is 0 Å². The summed E-state index contributed by atoms with van der Waals surface area (Å²) in [4.78, 5) is 40.0. The normalized spacial score (nSPS) is 16.2. The molecule has 1 aliphatic rings. The van der Waals surface area contributed by atoms with Gasteiger partial charge in [-0.05, 0) is 49.6 Å². The number of carbonyl (C=O) groups excluding carboxylic acids is 2. The summed E-state index contributed by atoms with van der Waals surface area (Å²) in [5, 5.41) is 12.1. The highest BCUT2D eigenvalue weighted by Gasteiger charge is 2.32. The fourth-order valence-corrected chi connectivity index (χ4v) is 3.55. The zero-order chi connectivity index (χ0) is 20.8. The number of likely N-dealkylation sites (tertiary alicyclic amines) is 1. The van der Waals surface area contributed by atoms with E-state index in [2.05, 4.69) is 5.32 Å². The van der Waals surface area contributed by atoms with Crippen molar-refractivity contribution in [2.75, 3.05) is 29.9 Å². The van der Waals surface area contributed by atoms with Crippen LogP contribution in [0.5, 0.6) is 0 Å². The van der Waals surface area contributed by atoms with Gasteiger partial charge in [0.2, 0.25) is 5.91 Å². The molecule has 2 N–H and O–H groups in total. The van der Waals surface area contributed by atoms with Crippen LogP contribution in [0, 0.1) is 12.8 Å². The lowest BCUT2D eigenvalue weighted by Gasteiger charge is -2.34. The second kappa shape index (κ2) is 9.23. The highest BCUT2D eigenvalue weighted by atomic mass is 16.4. The van der Waals surface area contributed by atoms with Crippen LogP contribution in [0.3, 0.4) is 0 Å². The standard InChI is InChI=1S/C22H25N3O4/c1-16-7-5-9-18(13-16)23-22(29)24-12-6-8-17(14-24)21(28)25(15-20(26)27)19-10-3-2-4-11-19/h2-5,7,9-11,13,17H,6,8,12,14-15H2,1H3,(H,23,29)(H,26,27). The second-order valence-electron chi connectivity index (χ2n) is 7.24. The quantitative estimate of drug-likeness (QED) is 0.812. The molecule has 7 nitrogen and oxygen atoms in total. The molecule has 2 aromatic carbocycles. The molecule has 0 saturated carbocycles. The highest BCUT2D eigenvalue weighted by molar-refractivity contribution is 5.99. The van der Waals surface area contributed by atoms with Crippen LogP contribution in [0.2, 0.25) is 0 Å². The number of carbonyl (C=O) groups is 3. The number of benzene rings is 2. The first kappa shape index (κ1) is 20.4. The van der Waals surface area contributed by atoms with Crippen LogP contribution in [-0.4, -0.2) is 47.5 Å². The van der Waals surface area contributed by atoms with Gasteiger partial charge in [-0.2, -0.15) is 0 Å². The Kier molecular flexibility index (Phi) is 6.49. The fraction of sp³-hybridized carbons (Fsp3) is 0.318. The topological polar surface area (TPSA) is 90.0 Å². The summed E-state index contributed by atoms with van der Waals surface area (Å²) in [6, 6.07) is 16.0. The Labute approximate surface area is 169 Å². The molecule has 3 amide bonds. The number of carboxylic acid groups (broad SMARTS) is 1. The highest BCUT2D eigenvalue weighted by Crippen LogP contribution is 2.23. The molecule has 29 heavy (non-hydrogen) atoms. The first-order valence-electron chi connectivity index (χ1n) is 9.65. The van der Waals surface area contributed by atoms with E-state index in [-0.39, 0.29) is 18.5 Å². The van der Waals surface area contributed by atoms with Gasteiger partial charge in [0.05, 0.1) is 5.92 Å². The average molecular weight is 395 g/mol. The summed E-state index contributed by atoms with van der Waals surface area (Å²) in [5.41, 5.74) is 2.29. The number of nitrogens with one attached hydrogen (secondary N) is 1. The van der Waals surface area contributed by atoms with Crippen LogP contribution in [0.15, 0.2) is 54.6 Å². The minimum atomic E-state index is -1.08. The Balaban J connectivity index is 1.70. The number of rotatable bonds is 5. The summed E-state index contributed by atoms with van der Waals surface area (Å²) in [5.74, 6) is -1.79. The van der Waals surface area contributed by atoms with E-state index in [4.69, 9.17) is 0 Å². The number of aliphatic carboxylic acids is 1. The summed E-state index contributed by atoms with van der Waals surface area (Å²) in [7, 11) is 0. The van der Waals surface area contributed by atoms with Crippen molar-refractivity contribution < 1.29 is 19.5 Å². The minimum Gasteiger partial charge on any atom is -0.480 e. The Bertz CT molecular complexity index is 885. The van der Waals surface area contributed by atoms with Gasteiger partial charge in [-0.1, -0.05) is 30.3 Å². The molecule has 0 aliphatic carbocycles. The number of urea groups is 1. The van der Waals surface area contributed by atoms with Crippen molar-refractivity contribution in [1.29, 1.82) is 0 Å². The van der Waals surface area contributed by atoms with Crippen molar-refractivity contribution in [3.63, 3.8) is 0 Å². The number of anilines is 2. The largest absolute Gasteiger partial charge is 0.480 e. The van der Waals surface area contributed by atoms with Crippen molar-refractivity contribution >= 4 is 29.3 Å². The predicted octanol–water partition coefficient (Wildman–Crippen LogP) is 3.36. The molecule has 152 valence electrons. The van der Waals surface area contributed by atoms with Crippen molar-refractivity contribution in [3.05, 3.63) is 60.2 Å². The van der Waals surface area contributed by atoms with E-state index >= 15 is 0 Å². The van der Waals surface area contributed by atoms with E-state index in [1.807, 2.05) is 37.3 Å². The van der Waals surface area contributed by atoms with Gasteiger partial charge in [0.15, 0.2) is 0 Å². The predicted molar refractivity (Wildman–Crippen MR) is 111 cm³/mol. The lowest BCUT2D eigenvalue weighted by atomic mass is 9.96. The van der Waals surface area contributed by atoms with Crippen LogP contribution in [-0.2, 0) is 9.59 Å². The number of aryl methyl sites for hydroxylation is 1. The number of piperidine rings is 1. The van der Waals surface area contributed by atoms with E-state index in [0.29, 0.717) is 30.8 Å². The van der Waals surface area contributed by atoms with Gasteiger partial charge in [-0.3, -0.25) is 9.59 Å². The number of hydrogen-bond acceptors (Lipinski definition) is 3. The lowest BCUT2D eigenvalue weighted by molar-refractivity contribution is -0.137. The summed E-state index contributed by atoms with van der Waals surface area (Å²) in [6.07, 6.45) is 1.31. The lowest BCUT2D eigenvalue weighted by Crippen LogP contribution is -2.49. The van der Waals surface area contributed by atoms with Gasteiger partial charge < -0.3 is 20.2 Å².